The van der Waals surface area contributed by atoms with Crippen molar-refractivity contribution in [2.75, 3.05) is 13.7 Å². The van der Waals surface area contributed by atoms with E-state index in [1.54, 1.807) is 7.11 Å². The first-order valence-corrected chi connectivity index (χ1v) is 7.50. The molecule has 0 spiro atoms. The fourth-order valence-corrected chi connectivity index (χ4v) is 2.88. The Balaban J connectivity index is 2.05. The number of likely N-dealkylation sites (tertiary alicyclic amines) is 1. The van der Waals surface area contributed by atoms with E-state index in [0.717, 1.165) is 12.2 Å². The molecule has 0 aromatic heterocycles. The molecule has 0 saturated carbocycles. The molecule has 114 valence electrons. The third-order valence-electron chi connectivity index (χ3n) is 4.17. The molecule has 0 N–H and O–H groups in total. The summed E-state index contributed by atoms with van der Waals surface area (Å²) in [5.74, 6) is 1.56. The van der Waals surface area contributed by atoms with Crippen LogP contribution in [-0.2, 0) is 9.59 Å². The molecule has 2 rings (SSSR count). The first kappa shape index (κ1) is 15.5. The number of benzene rings is 1. The Morgan fingerprint density at radius 2 is 1.67 bits per heavy atom. The molecule has 4 heteroatoms. The van der Waals surface area contributed by atoms with Gasteiger partial charge in [-0.25, -0.2) is 0 Å². The molecule has 1 atom stereocenters. The van der Waals surface area contributed by atoms with Crippen molar-refractivity contribution in [3.63, 3.8) is 0 Å². The molecule has 1 aliphatic rings. The monoisotopic (exact) mass is 289 g/mol. The minimum Gasteiger partial charge on any atom is -0.497 e. The zero-order chi connectivity index (χ0) is 15.4. The molecule has 1 aliphatic heterocycles. The smallest absolute Gasteiger partial charge is 0.229 e. The molecule has 4 nitrogen and oxygen atoms in total. The first-order chi connectivity index (χ1) is 10.0. The fraction of sp³-hybridized carbons (Fsp3) is 0.529. The number of carbonyl (C=O) groups excluding carboxylic acids is 2. The standard InChI is InChI=1S/C17H23NO3/c1-12(2)15(13-4-6-14(21-3)7-5-13)10-11-18-16(19)8-9-17(18)20/h4-7,12,15H,8-11H2,1-3H3/t15-/m0/s1. The number of hydrogen-bond acceptors (Lipinski definition) is 3. The predicted octanol–water partition coefficient (Wildman–Crippen LogP) is 2.97. The van der Waals surface area contributed by atoms with Crippen LogP contribution in [0.3, 0.4) is 0 Å². The zero-order valence-corrected chi connectivity index (χ0v) is 13.0. The fourth-order valence-electron chi connectivity index (χ4n) is 2.88. The van der Waals surface area contributed by atoms with Gasteiger partial charge < -0.3 is 4.74 Å². The molecule has 1 saturated heterocycles. The van der Waals surface area contributed by atoms with E-state index >= 15 is 0 Å². The first-order valence-electron chi connectivity index (χ1n) is 7.50. The van der Waals surface area contributed by atoms with Crippen molar-refractivity contribution in [1.29, 1.82) is 0 Å². The number of hydrogen-bond donors (Lipinski definition) is 0. The van der Waals surface area contributed by atoms with Gasteiger partial charge in [-0.1, -0.05) is 26.0 Å². The Labute approximate surface area is 126 Å². The molecule has 1 aromatic rings. The summed E-state index contributed by atoms with van der Waals surface area (Å²) in [5, 5.41) is 0. The molecule has 0 bridgehead atoms. The largest absolute Gasteiger partial charge is 0.497 e. The molecule has 0 radical (unpaired) electrons. The molecule has 2 amide bonds. The number of rotatable bonds is 6. The number of carbonyl (C=O) groups is 2. The summed E-state index contributed by atoms with van der Waals surface area (Å²) in [6.45, 7) is 4.86. The number of amides is 2. The van der Waals surface area contributed by atoms with Crippen LogP contribution < -0.4 is 4.74 Å². The van der Waals surface area contributed by atoms with Gasteiger partial charge in [-0.2, -0.15) is 0 Å². The average molecular weight is 289 g/mol. The lowest BCUT2D eigenvalue weighted by Crippen LogP contribution is -2.31. The van der Waals surface area contributed by atoms with Crippen LogP contribution in [0.5, 0.6) is 5.75 Å². The van der Waals surface area contributed by atoms with Gasteiger partial charge in [0.1, 0.15) is 5.75 Å². The van der Waals surface area contributed by atoms with Crippen molar-refractivity contribution in [2.24, 2.45) is 5.92 Å². The highest BCUT2D eigenvalue weighted by Crippen LogP contribution is 2.30. The van der Waals surface area contributed by atoms with Crippen LogP contribution >= 0.6 is 0 Å². The second-order valence-electron chi connectivity index (χ2n) is 5.85. The maximum absolute atomic E-state index is 11.7. The summed E-state index contributed by atoms with van der Waals surface area (Å²) < 4.78 is 5.18. The lowest BCUT2D eigenvalue weighted by molar-refractivity contribution is -0.138. The van der Waals surface area contributed by atoms with Crippen LogP contribution in [0.15, 0.2) is 24.3 Å². The van der Waals surface area contributed by atoms with Crippen molar-refractivity contribution in [3.8, 4) is 5.75 Å². The Hall–Kier alpha value is -1.84. The van der Waals surface area contributed by atoms with E-state index in [1.807, 2.05) is 12.1 Å². The van der Waals surface area contributed by atoms with Crippen LogP contribution in [0.1, 0.15) is 44.6 Å². The molecule has 1 aromatic carbocycles. The van der Waals surface area contributed by atoms with Gasteiger partial charge in [0.15, 0.2) is 0 Å². The SMILES string of the molecule is COc1ccc([C@@H](CCN2C(=O)CCC2=O)C(C)C)cc1. The highest BCUT2D eigenvalue weighted by atomic mass is 16.5. The number of methoxy groups -OCH3 is 1. The van der Waals surface area contributed by atoms with Crippen LogP contribution in [0.2, 0.25) is 0 Å². The second kappa shape index (κ2) is 6.74. The topological polar surface area (TPSA) is 46.6 Å². The van der Waals surface area contributed by atoms with Crippen molar-refractivity contribution >= 4 is 11.8 Å². The maximum atomic E-state index is 11.7. The summed E-state index contributed by atoms with van der Waals surface area (Å²) in [4.78, 5) is 24.8. The second-order valence-corrected chi connectivity index (χ2v) is 5.85. The lowest BCUT2D eigenvalue weighted by Gasteiger charge is -2.24. The van der Waals surface area contributed by atoms with E-state index in [9.17, 15) is 9.59 Å². The molecule has 0 unspecified atom stereocenters. The summed E-state index contributed by atoms with van der Waals surface area (Å²) >= 11 is 0. The molecule has 21 heavy (non-hydrogen) atoms. The van der Waals surface area contributed by atoms with Crippen LogP contribution in [0, 0.1) is 5.92 Å². The Morgan fingerprint density at radius 3 is 2.14 bits per heavy atom. The van der Waals surface area contributed by atoms with Crippen LogP contribution in [0.4, 0.5) is 0 Å². The zero-order valence-electron chi connectivity index (χ0n) is 13.0. The molecular weight excluding hydrogens is 266 g/mol. The van der Waals surface area contributed by atoms with Gasteiger partial charge in [-0.15, -0.1) is 0 Å². The van der Waals surface area contributed by atoms with Gasteiger partial charge >= 0.3 is 0 Å². The number of imide groups is 1. The van der Waals surface area contributed by atoms with Gasteiger partial charge in [0.05, 0.1) is 7.11 Å². The molecule has 1 fully saturated rings. The maximum Gasteiger partial charge on any atom is 0.229 e. The summed E-state index contributed by atoms with van der Waals surface area (Å²) in [7, 11) is 1.65. The molecule has 0 aliphatic carbocycles. The van der Waals surface area contributed by atoms with Gasteiger partial charge in [0.2, 0.25) is 11.8 Å². The Bertz CT molecular complexity index is 491. The van der Waals surface area contributed by atoms with E-state index in [0.29, 0.717) is 31.2 Å². The third kappa shape index (κ3) is 3.63. The van der Waals surface area contributed by atoms with Gasteiger partial charge in [0.25, 0.3) is 0 Å². The number of nitrogens with zero attached hydrogens (tertiary/aromatic N) is 1. The Kier molecular flexibility index (Phi) is 4.99. The minimum atomic E-state index is -0.0303. The normalized spacial score (nSPS) is 16.7. The van der Waals surface area contributed by atoms with Crippen molar-refractivity contribution in [1.82, 2.24) is 4.90 Å². The van der Waals surface area contributed by atoms with Crippen molar-refractivity contribution in [3.05, 3.63) is 29.8 Å². The highest BCUT2D eigenvalue weighted by Gasteiger charge is 2.29. The number of ether oxygens (including phenoxy) is 1. The van der Waals surface area contributed by atoms with E-state index < -0.39 is 0 Å². The van der Waals surface area contributed by atoms with Gasteiger partial charge in [-0.3, -0.25) is 14.5 Å². The summed E-state index contributed by atoms with van der Waals surface area (Å²) in [6.07, 6.45) is 1.54. The highest BCUT2D eigenvalue weighted by molar-refractivity contribution is 6.01. The van der Waals surface area contributed by atoms with Gasteiger partial charge in [0, 0.05) is 19.4 Å². The molecule has 1 heterocycles. The van der Waals surface area contributed by atoms with Gasteiger partial charge in [-0.05, 0) is 36.0 Å². The lowest BCUT2D eigenvalue weighted by atomic mass is 9.85. The minimum absolute atomic E-state index is 0.0303. The van der Waals surface area contributed by atoms with Crippen LogP contribution in [-0.4, -0.2) is 30.4 Å². The van der Waals surface area contributed by atoms with E-state index in [2.05, 4.69) is 26.0 Å². The third-order valence-corrected chi connectivity index (χ3v) is 4.17. The van der Waals surface area contributed by atoms with E-state index in [4.69, 9.17) is 4.74 Å². The summed E-state index contributed by atoms with van der Waals surface area (Å²) in [6, 6.07) is 8.04. The predicted molar refractivity (Wildman–Crippen MR) is 81.1 cm³/mol. The molecular formula is C17H23NO3. The van der Waals surface area contributed by atoms with Crippen LogP contribution in [0.25, 0.3) is 0 Å². The van der Waals surface area contributed by atoms with E-state index in [1.165, 1.54) is 10.5 Å². The van der Waals surface area contributed by atoms with Crippen molar-refractivity contribution < 1.29 is 14.3 Å². The van der Waals surface area contributed by atoms with E-state index in [-0.39, 0.29) is 11.8 Å². The Morgan fingerprint density at radius 1 is 1.10 bits per heavy atom. The van der Waals surface area contributed by atoms with Crippen molar-refractivity contribution in [2.45, 2.75) is 39.0 Å². The summed E-state index contributed by atoms with van der Waals surface area (Å²) in [5.41, 5.74) is 1.23. The quantitative estimate of drug-likeness (QED) is 0.756. The average Bonchev–Trinajstić information content (AvgIpc) is 2.79.